The van der Waals surface area contributed by atoms with E-state index in [-0.39, 0.29) is 30.3 Å². The molecule has 3 fully saturated rings. The molecule has 3 rings (SSSR count). The maximum absolute atomic E-state index is 12.5. The number of hydrogen-bond acceptors (Lipinski definition) is 4. The normalized spacial score (nSPS) is 25.2. The molecule has 160 valence electrons. The number of amides is 2. The predicted octanol–water partition coefficient (Wildman–Crippen LogP) is 2.58. The molecular formula is C16H20F6N2O4. The second-order valence-electron chi connectivity index (χ2n) is 7.39. The molecule has 2 amide bonds. The SMILES string of the molecule is O=C(OC(C(F)(F)F)C(F)(F)F)N1CCC2(CC1)CC2C(=O)N1CCOCC1. The van der Waals surface area contributed by atoms with Gasteiger partial charge in [-0.3, -0.25) is 4.79 Å². The number of likely N-dealkylation sites (tertiary alicyclic amines) is 1. The van der Waals surface area contributed by atoms with Crippen LogP contribution in [0, 0.1) is 11.3 Å². The first-order valence-electron chi connectivity index (χ1n) is 8.90. The van der Waals surface area contributed by atoms with Crippen LogP contribution in [0.1, 0.15) is 19.3 Å². The van der Waals surface area contributed by atoms with Crippen molar-refractivity contribution in [3.8, 4) is 0 Å². The van der Waals surface area contributed by atoms with Gasteiger partial charge in [0, 0.05) is 32.1 Å². The van der Waals surface area contributed by atoms with E-state index in [0.29, 0.717) is 45.6 Å². The van der Waals surface area contributed by atoms with Crippen molar-refractivity contribution < 1.29 is 45.4 Å². The maximum Gasteiger partial charge on any atom is 0.434 e. The van der Waals surface area contributed by atoms with E-state index in [1.165, 1.54) is 0 Å². The van der Waals surface area contributed by atoms with E-state index in [9.17, 15) is 35.9 Å². The van der Waals surface area contributed by atoms with Crippen molar-refractivity contribution in [3.05, 3.63) is 0 Å². The molecule has 1 spiro atoms. The van der Waals surface area contributed by atoms with Gasteiger partial charge < -0.3 is 19.3 Å². The van der Waals surface area contributed by atoms with Crippen molar-refractivity contribution in [3.63, 3.8) is 0 Å². The standard InChI is InChI=1S/C16H20F6N2O4/c17-15(18,19)12(16(20,21)22)28-13(26)24-3-1-14(2-4-24)9-10(14)11(25)23-5-7-27-8-6-23/h10,12H,1-9H2. The van der Waals surface area contributed by atoms with Crippen molar-refractivity contribution in [2.75, 3.05) is 39.4 Å². The molecule has 0 radical (unpaired) electrons. The highest BCUT2D eigenvalue weighted by atomic mass is 19.4. The average molecular weight is 418 g/mol. The van der Waals surface area contributed by atoms with Crippen LogP contribution in [0.4, 0.5) is 31.1 Å². The van der Waals surface area contributed by atoms with Crippen LogP contribution in [0.3, 0.4) is 0 Å². The number of carbonyl (C=O) groups excluding carboxylic acids is 2. The molecule has 1 atom stereocenters. The molecule has 2 aliphatic heterocycles. The zero-order chi connectivity index (χ0) is 20.7. The van der Waals surface area contributed by atoms with Crippen molar-refractivity contribution in [1.82, 2.24) is 9.80 Å². The van der Waals surface area contributed by atoms with Gasteiger partial charge in [-0.25, -0.2) is 4.79 Å². The number of hydrogen-bond donors (Lipinski definition) is 0. The number of alkyl halides is 6. The Bertz CT molecular complexity index is 595. The molecule has 1 saturated carbocycles. The van der Waals surface area contributed by atoms with Gasteiger partial charge in [-0.15, -0.1) is 0 Å². The first-order chi connectivity index (χ1) is 12.9. The van der Waals surface area contributed by atoms with Crippen molar-refractivity contribution >= 4 is 12.0 Å². The molecule has 28 heavy (non-hydrogen) atoms. The van der Waals surface area contributed by atoms with Crippen LogP contribution < -0.4 is 0 Å². The average Bonchev–Trinajstić information content (AvgIpc) is 3.31. The maximum atomic E-state index is 12.5. The summed E-state index contributed by atoms with van der Waals surface area (Å²) < 4.78 is 84.1. The van der Waals surface area contributed by atoms with E-state index < -0.39 is 24.5 Å². The van der Waals surface area contributed by atoms with Gasteiger partial charge in [0.1, 0.15) is 0 Å². The lowest BCUT2D eigenvalue weighted by Crippen LogP contribution is -2.49. The van der Waals surface area contributed by atoms with Crippen LogP contribution in [0.5, 0.6) is 0 Å². The molecule has 0 N–H and O–H groups in total. The summed E-state index contributed by atoms with van der Waals surface area (Å²) in [5.74, 6) is -0.226. The Hall–Kier alpha value is -1.72. The number of piperidine rings is 1. The fraction of sp³-hybridized carbons (Fsp3) is 0.875. The van der Waals surface area contributed by atoms with Crippen LogP contribution in [0.25, 0.3) is 0 Å². The van der Waals surface area contributed by atoms with Crippen LogP contribution >= 0.6 is 0 Å². The minimum atomic E-state index is -5.74. The minimum Gasteiger partial charge on any atom is -0.426 e. The fourth-order valence-corrected chi connectivity index (χ4v) is 3.88. The number of nitrogens with zero attached hydrogens (tertiary/aromatic N) is 2. The molecule has 3 aliphatic rings. The third kappa shape index (κ3) is 4.31. The lowest BCUT2D eigenvalue weighted by atomic mass is 9.90. The summed E-state index contributed by atoms with van der Waals surface area (Å²) >= 11 is 0. The summed E-state index contributed by atoms with van der Waals surface area (Å²) in [6.07, 6.45) is -16.0. The van der Waals surface area contributed by atoms with Crippen molar-refractivity contribution in [2.45, 2.75) is 37.7 Å². The Morgan fingerprint density at radius 2 is 1.46 bits per heavy atom. The molecular weight excluding hydrogens is 398 g/mol. The van der Waals surface area contributed by atoms with Gasteiger partial charge in [0.2, 0.25) is 5.91 Å². The Balaban J connectivity index is 1.53. The second kappa shape index (κ2) is 7.27. The molecule has 0 aromatic carbocycles. The molecule has 1 aliphatic carbocycles. The van der Waals surface area contributed by atoms with Gasteiger partial charge in [-0.2, -0.15) is 26.3 Å². The van der Waals surface area contributed by atoms with Gasteiger partial charge in [0.15, 0.2) is 0 Å². The Labute approximate surface area is 156 Å². The van der Waals surface area contributed by atoms with E-state index in [0.717, 1.165) is 4.90 Å². The molecule has 0 aromatic rings. The summed E-state index contributed by atoms with van der Waals surface area (Å²) in [5.41, 5.74) is -0.334. The van der Waals surface area contributed by atoms with Crippen LogP contribution in [0.15, 0.2) is 0 Å². The van der Waals surface area contributed by atoms with E-state index >= 15 is 0 Å². The zero-order valence-electron chi connectivity index (χ0n) is 14.8. The van der Waals surface area contributed by atoms with Gasteiger partial charge in [-0.1, -0.05) is 0 Å². The van der Waals surface area contributed by atoms with Gasteiger partial charge in [0.25, 0.3) is 6.10 Å². The number of halogens is 6. The number of rotatable bonds is 2. The summed E-state index contributed by atoms with van der Waals surface area (Å²) in [5, 5.41) is 0. The topological polar surface area (TPSA) is 59.1 Å². The third-order valence-electron chi connectivity index (χ3n) is 5.64. The first kappa shape index (κ1) is 21.0. The molecule has 12 heteroatoms. The zero-order valence-corrected chi connectivity index (χ0v) is 14.8. The smallest absolute Gasteiger partial charge is 0.426 e. The van der Waals surface area contributed by atoms with Gasteiger partial charge >= 0.3 is 18.4 Å². The molecule has 6 nitrogen and oxygen atoms in total. The third-order valence-corrected chi connectivity index (χ3v) is 5.64. The highest BCUT2D eigenvalue weighted by molar-refractivity contribution is 5.83. The predicted molar refractivity (Wildman–Crippen MR) is 81.1 cm³/mol. The lowest BCUT2D eigenvalue weighted by molar-refractivity contribution is -0.308. The highest BCUT2D eigenvalue weighted by Gasteiger charge is 2.62. The molecule has 2 saturated heterocycles. The summed E-state index contributed by atoms with van der Waals surface area (Å²) in [4.78, 5) is 26.9. The van der Waals surface area contributed by atoms with Crippen LogP contribution in [-0.4, -0.2) is 79.6 Å². The fourth-order valence-electron chi connectivity index (χ4n) is 3.88. The second-order valence-corrected chi connectivity index (χ2v) is 7.39. The highest BCUT2D eigenvalue weighted by Crippen LogP contribution is 2.60. The first-order valence-corrected chi connectivity index (χ1v) is 8.90. The van der Waals surface area contributed by atoms with E-state index in [1.807, 2.05) is 0 Å². The van der Waals surface area contributed by atoms with E-state index in [2.05, 4.69) is 4.74 Å². The number of morpholine rings is 1. The quantitative estimate of drug-likeness (QED) is 0.647. The van der Waals surface area contributed by atoms with E-state index in [4.69, 9.17) is 4.74 Å². The monoisotopic (exact) mass is 418 g/mol. The Kier molecular flexibility index (Phi) is 5.45. The summed E-state index contributed by atoms with van der Waals surface area (Å²) in [6, 6.07) is 0. The van der Waals surface area contributed by atoms with Crippen molar-refractivity contribution in [2.24, 2.45) is 11.3 Å². The molecule has 0 bridgehead atoms. The van der Waals surface area contributed by atoms with Crippen molar-refractivity contribution in [1.29, 1.82) is 0 Å². The lowest BCUT2D eigenvalue weighted by Gasteiger charge is -2.34. The van der Waals surface area contributed by atoms with Gasteiger partial charge in [0.05, 0.1) is 13.2 Å². The van der Waals surface area contributed by atoms with Crippen LogP contribution in [0.2, 0.25) is 0 Å². The van der Waals surface area contributed by atoms with Crippen LogP contribution in [-0.2, 0) is 14.3 Å². The number of ether oxygens (including phenoxy) is 2. The van der Waals surface area contributed by atoms with E-state index in [1.54, 1.807) is 4.90 Å². The summed E-state index contributed by atoms with van der Waals surface area (Å²) in [7, 11) is 0. The number of carbonyl (C=O) groups is 2. The molecule has 0 aromatic heterocycles. The largest absolute Gasteiger partial charge is 0.434 e. The Morgan fingerprint density at radius 1 is 0.929 bits per heavy atom. The molecule has 1 unspecified atom stereocenters. The molecule has 2 heterocycles. The Morgan fingerprint density at radius 3 is 1.96 bits per heavy atom. The minimum absolute atomic E-state index is 0.00599. The van der Waals surface area contributed by atoms with Gasteiger partial charge in [-0.05, 0) is 24.7 Å². The summed E-state index contributed by atoms with van der Waals surface area (Å²) in [6.45, 7) is 1.83.